The summed E-state index contributed by atoms with van der Waals surface area (Å²) in [5, 5.41) is 2.63. The van der Waals surface area contributed by atoms with Crippen molar-refractivity contribution in [1.29, 1.82) is 0 Å². The molecule has 1 aromatic carbocycles. The Morgan fingerprint density at radius 2 is 2.11 bits per heavy atom. The van der Waals surface area contributed by atoms with Crippen LogP contribution in [0.1, 0.15) is 21.9 Å². The summed E-state index contributed by atoms with van der Waals surface area (Å²) < 4.78 is 18.7. The van der Waals surface area contributed by atoms with Crippen LogP contribution in [0.4, 0.5) is 4.39 Å². The minimum absolute atomic E-state index is 0.143. The summed E-state index contributed by atoms with van der Waals surface area (Å²) in [6.45, 7) is 0.143. The van der Waals surface area contributed by atoms with Gasteiger partial charge in [-0.3, -0.25) is 4.79 Å². The van der Waals surface area contributed by atoms with Gasteiger partial charge in [-0.05, 0) is 24.5 Å². The van der Waals surface area contributed by atoms with Gasteiger partial charge in [-0.1, -0.05) is 18.2 Å². The molecule has 0 saturated heterocycles. The van der Waals surface area contributed by atoms with Gasteiger partial charge in [0.1, 0.15) is 11.6 Å². The third-order valence-corrected chi connectivity index (χ3v) is 3.14. The molecule has 3 nitrogen and oxygen atoms in total. The number of nitrogens with one attached hydrogen (secondary N) is 1. The fraction of sp³-hybridized carbons (Fsp3) is 0.214. The van der Waals surface area contributed by atoms with Crippen molar-refractivity contribution in [3.63, 3.8) is 0 Å². The van der Waals surface area contributed by atoms with Crippen molar-refractivity contribution in [3.8, 4) is 0 Å². The van der Waals surface area contributed by atoms with Gasteiger partial charge in [0.2, 0.25) is 0 Å². The molecule has 0 spiro atoms. The second-order valence-corrected chi connectivity index (χ2v) is 4.84. The fourth-order valence-corrected chi connectivity index (χ4v) is 2.06. The molecule has 0 unspecified atom stereocenters. The van der Waals surface area contributed by atoms with E-state index in [-0.39, 0.29) is 24.0 Å². The number of thioether (sulfide) groups is 1. The molecule has 1 heterocycles. The Hall–Kier alpha value is -1.75. The lowest BCUT2D eigenvalue weighted by atomic mass is 10.2. The Bertz CT molecular complexity index is 568. The Morgan fingerprint density at radius 1 is 1.32 bits per heavy atom. The first-order valence-electron chi connectivity index (χ1n) is 5.80. The summed E-state index contributed by atoms with van der Waals surface area (Å²) in [6, 6.07) is 9.74. The van der Waals surface area contributed by atoms with Gasteiger partial charge in [0.15, 0.2) is 5.76 Å². The van der Waals surface area contributed by atoms with Crippen LogP contribution in [0, 0.1) is 5.82 Å². The molecule has 19 heavy (non-hydrogen) atoms. The lowest BCUT2D eigenvalue weighted by Crippen LogP contribution is -2.22. The lowest BCUT2D eigenvalue weighted by Gasteiger charge is -2.04. The molecular weight excluding hydrogens is 265 g/mol. The van der Waals surface area contributed by atoms with Crippen LogP contribution in [0.15, 0.2) is 40.8 Å². The highest BCUT2D eigenvalue weighted by Crippen LogP contribution is 2.13. The van der Waals surface area contributed by atoms with E-state index in [2.05, 4.69) is 5.32 Å². The van der Waals surface area contributed by atoms with Gasteiger partial charge >= 0.3 is 0 Å². The predicted octanol–water partition coefficient (Wildman–Crippen LogP) is 3.21. The van der Waals surface area contributed by atoms with Crippen LogP contribution < -0.4 is 5.32 Å². The quantitative estimate of drug-likeness (QED) is 0.913. The summed E-state index contributed by atoms with van der Waals surface area (Å²) >= 11 is 1.62. The summed E-state index contributed by atoms with van der Waals surface area (Å²) in [5.74, 6) is 1.06. The van der Waals surface area contributed by atoms with Crippen LogP contribution in [0.2, 0.25) is 0 Å². The molecule has 0 atom stereocenters. The summed E-state index contributed by atoms with van der Waals surface area (Å²) in [6.07, 6.45) is 1.96. The number of amides is 1. The molecule has 5 heteroatoms. The zero-order chi connectivity index (χ0) is 13.7. The molecule has 0 aliphatic carbocycles. The molecule has 100 valence electrons. The largest absolute Gasteiger partial charge is 0.455 e. The van der Waals surface area contributed by atoms with Crippen molar-refractivity contribution < 1.29 is 13.6 Å². The third kappa shape index (κ3) is 3.61. The number of hydrogen-bond donors (Lipinski definition) is 1. The average Bonchev–Trinajstić information content (AvgIpc) is 2.87. The third-order valence-electron chi connectivity index (χ3n) is 2.57. The van der Waals surface area contributed by atoms with E-state index in [0.717, 1.165) is 11.5 Å². The van der Waals surface area contributed by atoms with Crippen LogP contribution >= 0.6 is 11.8 Å². The first kappa shape index (κ1) is 13.7. The molecule has 0 fully saturated rings. The molecule has 1 aromatic heterocycles. The van der Waals surface area contributed by atoms with Crippen molar-refractivity contribution >= 4 is 17.7 Å². The molecule has 0 aliphatic rings. The van der Waals surface area contributed by atoms with Gasteiger partial charge in [-0.2, -0.15) is 11.8 Å². The van der Waals surface area contributed by atoms with E-state index in [1.807, 2.05) is 6.26 Å². The summed E-state index contributed by atoms with van der Waals surface area (Å²) in [5.41, 5.74) is 0.451. The molecule has 2 rings (SSSR count). The van der Waals surface area contributed by atoms with Crippen molar-refractivity contribution in [2.24, 2.45) is 0 Å². The van der Waals surface area contributed by atoms with Crippen LogP contribution in [0.25, 0.3) is 0 Å². The molecule has 2 aromatic rings. The minimum atomic E-state index is -0.337. The van der Waals surface area contributed by atoms with Crippen molar-refractivity contribution in [2.75, 3.05) is 6.26 Å². The Morgan fingerprint density at radius 3 is 2.84 bits per heavy atom. The van der Waals surface area contributed by atoms with E-state index < -0.39 is 0 Å². The zero-order valence-corrected chi connectivity index (χ0v) is 11.3. The SMILES string of the molecule is CSCc1ccc(C(=O)NCc2ccccc2F)o1. The number of rotatable bonds is 5. The molecule has 1 N–H and O–H groups in total. The first-order valence-corrected chi connectivity index (χ1v) is 7.19. The molecule has 1 amide bonds. The second-order valence-electron chi connectivity index (χ2n) is 3.97. The van der Waals surface area contributed by atoms with Crippen molar-refractivity contribution in [3.05, 3.63) is 59.3 Å². The molecule has 0 aliphatic heterocycles. The molecule has 0 radical (unpaired) electrons. The maximum Gasteiger partial charge on any atom is 0.287 e. The number of carbonyl (C=O) groups excluding carboxylic acids is 1. The lowest BCUT2D eigenvalue weighted by molar-refractivity contribution is 0.0921. The highest BCUT2D eigenvalue weighted by Gasteiger charge is 2.11. The molecular formula is C14H14FNO2S. The monoisotopic (exact) mass is 279 g/mol. The molecule has 0 bridgehead atoms. The van der Waals surface area contributed by atoms with Crippen LogP contribution in [0.5, 0.6) is 0 Å². The van der Waals surface area contributed by atoms with Gasteiger partial charge in [-0.15, -0.1) is 0 Å². The average molecular weight is 279 g/mol. The number of carbonyl (C=O) groups is 1. The fourth-order valence-electron chi connectivity index (χ4n) is 1.62. The first-order chi connectivity index (χ1) is 9.20. The standard InChI is InChI=1S/C14H14FNO2S/c1-19-9-11-6-7-13(18-11)14(17)16-8-10-4-2-3-5-12(10)15/h2-7H,8-9H2,1H3,(H,16,17). The van der Waals surface area contributed by atoms with Gasteiger partial charge in [0, 0.05) is 12.1 Å². The van der Waals surface area contributed by atoms with E-state index in [0.29, 0.717) is 5.56 Å². The highest BCUT2D eigenvalue weighted by atomic mass is 32.2. The normalized spacial score (nSPS) is 10.4. The maximum absolute atomic E-state index is 13.4. The minimum Gasteiger partial charge on any atom is -0.455 e. The Kier molecular flexibility index (Phi) is 4.63. The van der Waals surface area contributed by atoms with E-state index in [9.17, 15) is 9.18 Å². The zero-order valence-electron chi connectivity index (χ0n) is 10.5. The van der Waals surface area contributed by atoms with Crippen LogP contribution in [-0.4, -0.2) is 12.2 Å². The highest BCUT2D eigenvalue weighted by molar-refractivity contribution is 7.97. The van der Waals surface area contributed by atoms with Crippen LogP contribution in [0.3, 0.4) is 0 Å². The number of furan rings is 1. The van der Waals surface area contributed by atoms with E-state index >= 15 is 0 Å². The number of halogens is 1. The maximum atomic E-state index is 13.4. The van der Waals surface area contributed by atoms with E-state index in [1.54, 1.807) is 42.1 Å². The van der Waals surface area contributed by atoms with Gasteiger partial charge < -0.3 is 9.73 Å². The number of hydrogen-bond acceptors (Lipinski definition) is 3. The predicted molar refractivity (Wildman–Crippen MR) is 73.5 cm³/mol. The smallest absolute Gasteiger partial charge is 0.287 e. The Balaban J connectivity index is 1.95. The van der Waals surface area contributed by atoms with Crippen LogP contribution in [-0.2, 0) is 12.3 Å². The van der Waals surface area contributed by atoms with E-state index in [4.69, 9.17) is 4.42 Å². The number of benzene rings is 1. The molecule has 0 saturated carbocycles. The van der Waals surface area contributed by atoms with E-state index in [1.165, 1.54) is 6.07 Å². The van der Waals surface area contributed by atoms with Gasteiger partial charge in [0.05, 0.1) is 5.75 Å². The second kappa shape index (κ2) is 6.43. The summed E-state index contributed by atoms with van der Waals surface area (Å²) in [7, 11) is 0. The Labute approximate surface area is 115 Å². The topological polar surface area (TPSA) is 42.2 Å². The van der Waals surface area contributed by atoms with Crippen molar-refractivity contribution in [2.45, 2.75) is 12.3 Å². The van der Waals surface area contributed by atoms with Gasteiger partial charge in [-0.25, -0.2) is 4.39 Å². The van der Waals surface area contributed by atoms with Crippen molar-refractivity contribution in [1.82, 2.24) is 5.32 Å². The van der Waals surface area contributed by atoms with Gasteiger partial charge in [0.25, 0.3) is 5.91 Å². The summed E-state index contributed by atoms with van der Waals surface area (Å²) in [4.78, 5) is 11.8.